The number of esters is 3. The fourth-order valence-electron chi connectivity index (χ4n) is 7.91. The lowest BCUT2D eigenvalue weighted by Gasteiger charge is -2.18. The lowest BCUT2D eigenvalue weighted by molar-refractivity contribution is -0.167. The van der Waals surface area contributed by atoms with Crippen molar-refractivity contribution in [1.29, 1.82) is 0 Å². The number of carbonyl (C=O) groups is 3. The van der Waals surface area contributed by atoms with Crippen LogP contribution in [-0.4, -0.2) is 37.2 Å². The molecule has 0 N–H and O–H groups in total. The molecule has 0 aromatic carbocycles. The van der Waals surface area contributed by atoms with Crippen LogP contribution in [0.5, 0.6) is 0 Å². The highest BCUT2D eigenvalue weighted by atomic mass is 16.6. The summed E-state index contributed by atoms with van der Waals surface area (Å²) in [5.74, 6) is 1.66. The second kappa shape index (κ2) is 44.5. The Morgan fingerprint density at radius 2 is 0.593 bits per heavy atom. The van der Waals surface area contributed by atoms with E-state index in [1.807, 2.05) is 0 Å². The van der Waals surface area contributed by atoms with Crippen LogP contribution in [0.15, 0.2) is 0 Å². The van der Waals surface area contributed by atoms with Gasteiger partial charge in [-0.3, -0.25) is 14.4 Å². The number of hydrogen-bond donors (Lipinski definition) is 0. The smallest absolute Gasteiger partial charge is 0.306 e. The quantitative estimate of drug-likeness (QED) is 0.0345. The zero-order valence-corrected chi connectivity index (χ0v) is 40.5. The Morgan fingerprint density at radius 1 is 0.339 bits per heavy atom. The van der Waals surface area contributed by atoms with Crippen LogP contribution in [0.3, 0.4) is 0 Å². The lowest BCUT2D eigenvalue weighted by atomic mass is 9.99. The minimum atomic E-state index is -0.763. The molecule has 0 aromatic heterocycles. The molecule has 0 spiro atoms. The van der Waals surface area contributed by atoms with Crippen LogP contribution in [-0.2, 0) is 28.6 Å². The van der Waals surface area contributed by atoms with E-state index in [0.29, 0.717) is 19.3 Å². The molecular weight excluding hydrogens is 733 g/mol. The Labute approximate surface area is 368 Å². The van der Waals surface area contributed by atoms with Gasteiger partial charge in [0.05, 0.1) is 0 Å². The van der Waals surface area contributed by atoms with Crippen molar-refractivity contribution >= 4 is 17.9 Å². The van der Waals surface area contributed by atoms with Crippen LogP contribution in [0, 0.1) is 17.8 Å². The molecule has 0 heterocycles. The van der Waals surface area contributed by atoms with Gasteiger partial charge in [0.1, 0.15) is 13.2 Å². The molecule has 0 bridgehead atoms. The maximum absolute atomic E-state index is 12.8. The van der Waals surface area contributed by atoms with Crippen molar-refractivity contribution in [2.45, 2.75) is 292 Å². The topological polar surface area (TPSA) is 78.9 Å². The molecule has 0 aliphatic heterocycles. The summed E-state index contributed by atoms with van der Waals surface area (Å²) in [6, 6.07) is 0. The molecule has 1 unspecified atom stereocenters. The molecule has 2 atom stereocenters. The second-order valence-electron chi connectivity index (χ2n) is 19.4. The Balaban J connectivity index is 4.33. The molecule has 0 radical (unpaired) electrons. The fraction of sp³-hybridized carbons (Fsp3) is 0.943. The van der Waals surface area contributed by atoms with Gasteiger partial charge in [-0.25, -0.2) is 0 Å². The molecule has 0 amide bonds. The number of carbonyl (C=O) groups excluding carboxylic acids is 3. The average Bonchev–Trinajstić information content (AvgIpc) is 3.20. The molecule has 0 aromatic rings. The summed E-state index contributed by atoms with van der Waals surface area (Å²) >= 11 is 0. The van der Waals surface area contributed by atoms with Gasteiger partial charge in [0.25, 0.3) is 0 Å². The summed E-state index contributed by atoms with van der Waals surface area (Å²) in [5.41, 5.74) is 0. The van der Waals surface area contributed by atoms with E-state index in [4.69, 9.17) is 14.2 Å². The third-order valence-corrected chi connectivity index (χ3v) is 12.3. The van der Waals surface area contributed by atoms with Crippen molar-refractivity contribution in [3.63, 3.8) is 0 Å². The minimum absolute atomic E-state index is 0.0648. The third kappa shape index (κ3) is 45.8. The SMILES string of the molecule is CCC(C)CCCCCCCCCCCCC(=O)O[C@H](COC(=O)CCCCCCCCCCCCCCC(C)C)COC(=O)CCCCCCCCCCCC(C)C. The monoisotopic (exact) mass is 835 g/mol. The van der Waals surface area contributed by atoms with Crippen LogP contribution in [0.2, 0.25) is 0 Å². The third-order valence-electron chi connectivity index (χ3n) is 12.3. The van der Waals surface area contributed by atoms with Gasteiger partial charge in [-0.1, -0.05) is 247 Å². The molecular formula is C53H102O6. The van der Waals surface area contributed by atoms with Gasteiger partial charge in [0.15, 0.2) is 6.10 Å². The van der Waals surface area contributed by atoms with Crippen molar-refractivity contribution in [3.05, 3.63) is 0 Å². The summed E-state index contributed by atoms with van der Waals surface area (Å²) in [6.07, 6.45) is 43.7. The van der Waals surface area contributed by atoms with Crippen LogP contribution in [0.4, 0.5) is 0 Å². The predicted molar refractivity (Wildman–Crippen MR) is 252 cm³/mol. The van der Waals surface area contributed by atoms with Crippen molar-refractivity contribution in [2.24, 2.45) is 17.8 Å². The summed E-state index contributed by atoms with van der Waals surface area (Å²) in [6.45, 7) is 13.7. The minimum Gasteiger partial charge on any atom is -0.462 e. The maximum Gasteiger partial charge on any atom is 0.306 e. The standard InChI is InChI=1S/C53H102O6/c1-7-49(6)41-35-29-23-17-12-13-19-26-32-38-44-53(56)59-50(46-58-52(55)43-37-31-25-20-14-16-22-28-34-40-48(4)5)45-57-51(54)42-36-30-24-18-11-9-8-10-15-21-27-33-39-47(2)3/h47-50H,7-46H2,1-6H3/t49?,50-/m1/s1. The van der Waals surface area contributed by atoms with Crippen LogP contribution >= 0.6 is 0 Å². The van der Waals surface area contributed by atoms with Crippen molar-refractivity contribution < 1.29 is 28.6 Å². The highest BCUT2D eigenvalue weighted by Crippen LogP contribution is 2.18. The molecule has 0 saturated heterocycles. The zero-order chi connectivity index (χ0) is 43.4. The van der Waals surface area contributed by atoms with Crippen LogP contribution in [0.25, 0.3) is 0 Å². The van der Waals surface area contributed by atoms with Gasteiger partial charge in [0, 0.05) is 19.3 Å². The van der Waals surface area contributed by atoms with E-state index in [-0.39, 0.29) is 31.1 Å². The molecule has 0 aliphatic carbocycles. The number of rotatable bonds is 46. The fourth-order valence-corrected chi connectivity index (χ4v) is 7.91. The summed E-state index contributed by atoms with van der Waals surface area (Å²) < 4.78 is 16.8. The van der Waals surface area contributed by atoms with Gasteiger partial charge in [-0.05, 0) is 37.0 Å². The number of ether oxygens (including phenoxy) is 3. The molecule has 0 aliphatic rings. The normalized spacial score (nSPS) is 12.6. The molecule has 6 nitrogen and oxygen atoms in total. The van der Waals surface area contributed by atoms with Gasteiger partial charge in [-0.2, -0.15) is 0 Å². The van der Waals surface area contributed by atoms with Crippen LogP contribution < -0.4 is 0 Å². The Bertz CT molecular complexity index is 916. The highest BCUT2D eigenvalue weighted by molar-refractivity contribution is 5.71. The lowest BCUT2D eigenvalue weighted by Crippen LogP contribution is -2.30. The van der Waals surface area contributed by atoms with E-state index in [1.165, 1.54) is 167 Å². The Kier molecular flexibility index (Phi) is 43.3. The van der Waals surface area contributed by atoms with E-state index in [0.717, 1.165) is 75.5 Å². The van der Waals surface area contributed by atoms with Gasteiger partial charge in [-0.15, -0.1) is 0 Å². The Hall–Kier alpha value is -1.59. The summed E-state index contributed by atoms with van der Waals surface area (Å²) in [4.78, 5) is 38.0. The van der Waals surface area contributed by atoms with E-state index in [2.05, 4.69) is 41.5 Å². The second-order valence-corrected chi connectivity index (χ2v) is 19.4. The van der Waals surface area contributed by atoms with E-state index in [1.54, 1.807) is 0 Å². The van der Waals surface area contributed by atoms with Crippen molar-refractivity contribution in [3.8, 4) is 0 Å². The maximum atomic E-state index is 12.8. The molecule has 6 heteroatoms. The first kappa shape index (κ1) is 57.4. The molecule has 0 rings (SSSR count). The average molecular weight is 835 g/mol. The van der Waals surface area contributed by atoms with E-state index < -0.39 is 6.10 Å². The zero-order valence-electron chi connectivity index (χ0n) is 40.5. The summed E-state index contributed by atoms with van der Waals surface area (Å²) in [5, 5.41) is 0. The Morgan fingerprint density at radius 3 is 0.881 bits per heavy atom. The number of hydrogen-bond acceptors (Lipinski definition) is 6. The number of unbranched alkanes of at least 4 members (excludes halogenated alkanes) is 28. The van der Waals surface area contributed by atoms with Gasteiger partial charge >= 0.3 is 17.9 Å². The first-order chi connectivity index (χ1) is 28.6. The molecule has 0 saturated carbocycles. The highest BCUT2D eigenvalue weighted by Gasteiger charge is 2.19. The van der Waals surface area contributed by atoms with E-state index >= 15 is 0 Å². The summed E-state index contributed by atoms with van der Waals surface area (Å²) in [7, 11) is 0. The van der Waals surface area contributed by atoms with Gasteiger partial charge in [0.2, 0.25) is 0 Å². The van der Waals surface area contributed by atoms with Crippen LogP contribution in [0.1, 0.15) is 286 Å². The van der Waals surface area contributed by atoms with E-state index in [9.17, 15) is 14.4 Å². The first-order valence-corrected chi connectivity index (χ1v) is 26.1. The molecule has 59 heavy (non-hydrogen) atoms. The van der Waals surface area contributed by atoms with Crippen molar-refractivity contribution in [1.82, 2.24) is 0 Å². The molecule has 0 fully saturated rings. The van der Waals surface area contributed by atoms with Gasteiger partial charge < -0.3 is 14.2 Å². The largest absolute Gasteiger partial charge is 0.462 e. The predicted octanol–water partition coefficient (Wildman–Crippen LogP) is 16.8. The van der Waals surface area contributed by atoms with Crippen molar-refractivity contribution in [2.75, 3.05) is 13.2 Å². The molecule has 350 valence electrons. The first-order valence-electron chi connectivity index (χ1n) is 26.1.